The van der Waals surface area contributed by atoms with Gasteiger partial charge in [-0.15, -0.1) is 0 Å². The van der Waals surface area contributed by atoms with Crippen molar-refractivity contribution in [3.05, 3.63) is 0 Å². The van der Waals surface area contributed by atoms with Crippen LogP contribution >= 0.6 is 0 Å². The van der Waals surface area contributed by atoms with Gasteiger partial charge in [-0.1, -0.05) is 7.43 Å². The van der Waals surface area contributed by atoms with Gasteiger partial charge in [-0.2, -0.15) is 0 Å². The second-order valence-electron chi connectivity index (χ2n) is 0.408. The Labute approximate surface area is 80.4 Å². The van der Waals surface area contributed by atoms with Crippen molar-refractivity contribution in [1.29, 1.82) is 0 Å². The molecule has 0 aromatic heterocycles. The summed E-state index contributed by atoms with van der Waals surface area (Å²) < 4.78 is 34.1. The zero-order valence-electron chi connectivity index (χ0n) is 4.84. The third-order valence-corrected chi connectivity index (χ3v) is 0. The first-order valence-corrected chi connectivity index (χ1v) is 2.00. The Morgan fingerprint density at radius 3 is 0.750 bits per heavy atom. The number of hydrogen-bond donors (Lipinski definition) is 0. The van der Waals surface area contributed by atoms with Crippen LogP contribution in [0.15, 0.2) is 0 Å². The second-order valence-corrected chi connectivity index (χ2v) is 1.22. The Morgan fingerprint density at radius 1 is 0.750 bits per heavy atom. The molecule has 0 aliphatic rings. The van der Waals surface area contributed by atoms with E-state index in [1.54, 1.807) is 0 Å². The average Bonchev–Trinajstić information content (AvgIpc) is 0.722. The predicted octanol–water partition coefficient (Wildman–Crippen LogP) is -4.83. The zero-order chi connectivity index (χ0) is 4.50. The molecule has 0 aliphatic heterocycles. The normalized spacial score (nSPS) is 4.83. The zero-order valence-corrected chi connectivity index (χ0v) is 6.60. The van der Waals surface area contributed by atoms with Crippen LogP contribution in [0.5, 0.6) is 0 Å². The summed E-state index contributed by atoms with van der Waals surface area (Å²) in [6, 6.07) is 0. The molecule has 12 heavy (non-hydrogen) atoms. The molecule has 0 fully saturated rings. The van der Waals surface area contributed by atoms with Crippen molar-refractivity contribution < 1.29 is 62.0 Å². The average molecular weight is 266 g/mol. The standard InChI is InChI=1S/CH4.Cu.H2O4S.5H2O/c;;1-5(2,3)4;;;;;/h1H4;;(H2,1,2,3,4);5*1H2/q;+2;;;;;;/p-2. The fourth-order valence-corrected chi connectivity index (χ4v) is 0. The molecule has 10 N–H and O–H groups in total. The molecular formula is CH14CuO9S. The van der Waals surface area contributed by atoms with Crippen LogP contribution in [0.4, 0.5) is 0 Å². The molecule has 0 aliphatic carbocycles. The Balaban J connectivity index is -0.00000000381. The fourth-order valence-electron chi connectivity index (χ4n) is 0. The summed E-state index contributed by atoms with van der Waals surface area (Å²) in [5.74, 6) is 0. The third-order valence-electron chi connectivity index (χ3n) is 0. The summed E-state index contributed by atoms with van der Waals surface area (Å²) in [6.07, 6.45) is 0. The minimum atomic E-state index is -5.17. The van der Waals surface area contributed by atoms with Gasteiger partial charge < -0.3 is 36.5 Å². The smallest absolute Gasteiger partial charge is 0.759 e. The third kappa shape index (κ3) is 24000. The Hall–Kier alpha value is 0.189. The maximum Gasteiger partial charge on any atom is 2.00 e. The van der Waals surface area contributed by atoms with E-state index in [4.69, 9.17) is 17.5 Å². The van der Waals surface area contributed by atoms with Crippen LogP contribution in [0.3, 0.4) is 0 Å². The maximum atomic E-state index is 8.52. The van der Waals surface area contributed by atoms with Crippen LogP contribution < -0.4 is 0 Å². The molecular weight excluding hydrogens is 252 g/mol. The summed E-state index contributed by atoms with van der Waals surface area (Å²) >= 11 is 0. The van der Waals surface area contributed by atoms with E-state index in [1.165, 1.54) is 0 Å². The Morgan fingerprint density at radius 2 is 0.750 bits per heavy atom. The molecule has 89 valence electrons. The Bertz CT molecular complexity index is 97.7. The first-order valence-electron chi connectivity index (χ1n) is 0.667. The summed E-state index contributed by atoms with van der Waals surface area (Å²) in [7, 11) is -5.17. The van der Waals surface area contributed by atoms with Crippen molar-refractivity contribution >= 4 is 10.4 Å². The molecule has 1 radical (unpaired) electrons. The van der Waals surface area contributed by atoms with Crippen molar-refractivity contribution in [1.82, 2.24) is 0 Å². The van der Waals surface area contributed by atoms with Gasteiger partial charge in [0.1, 0.15) is 0 Å². The molecule has 0 spiro atoms. The van der Waals surface area contributed by atoms with Crippen LogP contribution in [-0.4, -0.2) is 44.9 Å². The molecule has 0 amide bonds. The van der Waals surface area contributed by atoms with Gasteiger partial charge >= 0.3 is 17.1 Å². The molecule has 0 saturated heterocycles. The van der Waals surface area contributed by atoms with Crippen LogP contribution in [0.2, 0.25) is 0 Å². The Kier molecular flexibility index (Phi) is 220. The van der Waals surface area contributed by atoms with Crippen LogP contribution in [0.1, 0.15) is 7.43 Å². The molecule has 9 nitrogen and oxygen atoms in total. The van der Waals surface area contributed by atoms with Gasteiger partial charge in [-0.25, -0.2) is 0 Å². The van der Waals surface area contributed by atoms with Gasteiger partial charge in [0, 0.05) is 10.4 Å². The molecule has 0 bridgehead atoms. The van der Waals surface area contributed by atoms with Crippen LogP contribution in [0.25, 0.3) is 0 Å². The quantitative estimate of drug-likeness (QED) is 0.237. The molecule has 0 atom stereocenters. The van der Waals surface area contributed by atoms with Crippen molar-refractivity contribution in [2.75, 3.05) is 0 Å². The van der Waals surface area contributed by atoms with Gasteiger partial charge in [0.25, 0.3) is 0 Å². The summed E-state index contributed by atoms with van der Waals surface area (Å²) in [5, 5.41) is 0. The van der Waals surface area contributed by atoms with E-state index in [0.29, 0.717) is 0 Å². The van der Waals surface area contributed by atoms with Crippen molar-refractivity contribution in [2.45, 2.75) is 7.43 Å². The topological polar surface area (TPSA) is 238 Å². The van der Waals surface area contributed by atoms with E-state index in [-0.39, 0.29) is 51.9 Å². The predicted molar refractivity (Wildman–Crippen MR) is 35.3 cm³/mol. The van der Waals surface area contributed by atoms with Gasteiger partial charge in [0.05, 0.1) is 0 Å². The summed E-state index contributed by atoms with van der Waals surface area (Å²) in [4.78, 5) is 0. The van der Waals surface area contributed by atoms with E-state index in [9.17, 15) is 0 Å². The minimum absolute atomic E-state index is 0. The second kappa shape index (κ2) is 30.3. The molecule has 0 aromatic carbocycles. The van der Waals surface area contributed by atoms with Crippen molar-refractivity contribution in [3.8, 4) is 0 Å². The minimum Gasteiger partial charge on any atom is -0.759 e. The number of hydrogen-bond acceptors (Lipinski definition) is 4. The monoisotopic (exact) mass is 265 g/mol. The van der Waals surface area contributed by atoms with E-state index in [0.717, 1.165) is 0 Å². The van der Waals surface area contributed by atoms with E-state index < -0.39 is 10.4 Å². The van der Waals surface area contributed by atoms with E-state index in [2.05, 4.69) is 0 Å². The van der Waals surface area contributed by atoms with Crippen molar-refractivity contribution in [2.24, 2.45) is 0 Å². The first kappa shape index (κ1) is 87.0. The SMILES string of the molecule is C.O.O.O.O.O.O=S(=O)([O-])[O-].[Cu+2]. The fraction of sp³-hybridized carbons (Fsp3) is 1.00. The van der Waals surface area contributed by atoms with Gasteiger partial charge in [-0.05, 0) is 0 Å². The maximum absolute atomic E-state index is 8.52. The van der Waals surface area contributed by atoms with Crippen LogP contribution in [0, 0.1) is 0 Å². The largest absolute Gasteiger partial charge is 2.00 e. The molecule has 0 aromatic rings. The molecule has 0 heterocycles. The number of rotatable bonds is 0. The molecule has 0 saturated carbocycles. The van der Waals surface area contributed by atoms with E-state index >= 15 is 0 Å². The first-order chi connectivity index (χ1) is 2.00. The molecule has 11 heteroatoms. The summed E-state index contributed by atoms with van der Waals surface area (Å²) in [5.41, 5.74) is 0. The molecule has 0 rings (SSSR count). The van der Waals surface area contributed by atoms with Gasteiger partial charge in [0.2, 0.25) is 0 Å². The van der Waals surface area contributed by atoms with Gasteiger partial charge in [-0.3, -0.25) is 8.42 Å². The molecule has 0 unspecified atom stereocenters. The van der Waals surface area contributed by atoms with E-state index in [1.807, 2.05) is 0 Å². The van der Waals surface area contributed by atoms with Gasteiger partial charge in [0.15, 0.2) is 0 Å². The summed E-state index contributed by atoms with van der Waals surface area (Å²) in [6.45, 7) is 0. The van der Waals surface area contributed by atoms with Crippen molar-refractivity contribution in [3.63, 3.8) is 0 Å². The van der Waals surface area contributed by atoms with Crippen LogP contribution in [-0.2, 0) is 27.5 Å².